The Morgan fingerprint density at radius 1 is 1.47 bits per heavy atom. The van der Waals surface area contributed by atoms with Crippen molar-refractivity contribution < 1.29 is 4.74 Å². The molecule has 0 bridgehead atoms. The molecule has 0 spiro atoms. The molecule has 1 atom stereocenters. The number of aryl methyl sites for hydroxylation is 1. The topological polar surface area (TPSA) is 21.3 Å². The van der Waals surface area contributed by atoms with Gasteiger partial charge in [-0.1, -0.05) is 6.07 Å². The zero-order chi connectivity index (χ0) is 10.8. The monoisotopic (exact) mass is 269 g/mol. The predicted molar refractivity (Wildman–Crippen MR) is 65.4 cm³/mol. The van der Waals surface area contributed by atoms with E-state index in [4.69, 9.17) is 4.74 Å². The van der Waals surface area contributed by atoms with Crippen LogP contribution in [0, 0.1) is 6.92 Å². The van der Waals surface area contributed by atoms with Gasteiger partial charge in [0.15, 0.2) is 0 Å². The number of halogens is 1. The highest BCUT2D eigenvalue weighted by molar-refractivity contribution is 9.10. The largest absolute Gasteiger partial charge is 0.495 e. The van der Waals surface area contributed by atoms with Crippen molar-refractivity contribution in [1.82, 2.24) is 5.32 Å². The molecule has 1 saturated heterocycles. The van der Waals surface area contributed by atoms with Gasteiger partial charge < -0.3 is 10.1 Å². The number of nitrogens with one attached hydrogen (secondary N) is 1. The van der Waals surface area contributed by atoms with Crippen molar-refractivity contribution in [2.24, 2.45) is 0 Å². The Bertz CT molecular complexity index is 359. The van der Waals surface area contributed by atoms with Gasteiger partial charge in [0.1, 0.15) is 5.75 Å². The summed E-state index contributed by atoms with van der Waals surface area (Å²) < 4.78 is 6.51. The molecule has 15 heavy (non-hydrogen) atoms. The summed E-state index contributed by atoms with van der Waals surface area (Å²) in [5.41, 5.74) is 2.55. The van der Waals surface area contributed by atoms with E-state index in [1.807, 2.05) is 0 Å². The van der Waals surface area contributed by atoms with E-state index in [1.165, 1.54) is 24.0 Å². The van der Waals surface area contributed by atoms with Gasteiger partial charge in [-0.3, -0.25) is 0 Å². The minimum absolute atomic E-state index is 0.455. The summed E-state index contributed by atoms with van der Waals surface area (Å²) in [4.78, 5) is 0. The first kappa shape index (κ1) is 11.0. The molecule has 0 amide bonds. The third-order valence-corrected chi connectivity index (χ3v) is 3.45. The zero-order valence-electron chi connectivity index (χ0n) is 9.14. The van der Waals surface area contributed by atoms with Crippen LogP contribution in [-0.2, 0) is 0 Å². The molecule has 2 rings (SSSR count). The molecule has 1 fully saturated rings. The summed E-state index contributed by atoms with van der Waals surface area (Å²) in [6, 6.07) is 4.76. The van der Waals surface area contributed by atoms with Crippen molar-refractivity contribution in [3.63, 3.8) is 0 Å². The number of methoxy groups -OCH3 is 1. The van der Waals surface area contributed by atoms with E-state index >= 15 is 0 Å². The third-order valence-electron chi connectivity index (χ3n) is 2.86. The van der Waals surface area contributed by atoms with Gasteiger partial charge >= 0.3 is 0 Å². The van der Waals surface area contributed by atoms with Crippen molar-refractivity contribution in [1.29, 1.82) is 0 Å². The van der Waals surface area contributed by atoms with Crippen molar-refractivity contribution in [2.75, 3.05) is 13.7 Å². The highest BCUT2D eigenvalue weighted by Crippen LogP contribution is 2.37. The first-order chi connectivity index (χ1) is 7.22. The summed E-state index contributed by atoms with van der Waals surface area (Å²) in [7, 11) is 1.73. The van der Waals surface area contributed by atoms with Crippen molar-refractivity contribution in [3.05, 3.63) is 27.7 Å². The van der Waals surface area contributed by atoms with Crippen LogP contribution in [0.4, 0.5) is 0 Å². The van der Waals surface area contributed by atoms with Crippen molar-refractivity contribution in [2.45, 2.75) is 25.8 Å². The lowest BCUT2D eigenvalue weighted by molar-refractivity contribution is 0.400. The molecule has 1 aliphatic rings. The molecular formula is C12H16BrNO. The third kappa shape index (κ3) is 2.18. The fraction of sp³-hybridized carbons (Fsp3) is 0.500. The summed E-state index contributed by atoms with van der Waals surface area (Å²) in [6.45, 7) is 3.22. The van der Waals surface area contributed by atoms with E-state index in [2.05, 4.69) is 40.3 Å². The molecule has 0 aromatic heterocycles. The molecule has 1 N–H and O–H groups in total. The van der Waals surface area contributed by atoms with Gasteiger partial charge in [0, 0.05) is 11.6 Å². The molecular weight excluding hydrogens is 254 g/mol. The average Bonchev–Trinajstić information content (AvgIpc) is 2.69. The molecule has 0 radical (unpaired) electrons. The molecule has 3 heteroatoms. The molecule has 1 heterocycles. The average molecular weight is 270 g/mol. The lowest BCUT2D eigenvalue weighted by atomic mass is 10.0. The molecule has 1 aliphatic heterocycles. The first-order valence-corrected chi connectivity index (χ1v) is 6.09. The van der Waals surface area contributed by atoms with Crippen LogP contribution in [0.5, 0.6) is 5.75 Å². The maximum absolute atomic E-state index is 5.46. The van der Waals surface area contributed by atoms with Gasteiger partial charge in [0.2, 0.25) is 0 Å². The lowest BCUT2D eigenvalue weighted by Gasteiger charge is -2.17. The van der Waals surface area contributed by atoms with E-state index in [-0.39, 0.29) is 0 Å². The molecule has 0 saturated carbocycles. The zero-order valence-corrected chi connectivity index (χ0v) is 10.7. The number of ether oxygens (including phenoxy) is 1. The number of benzene rings is 1. The molecule has 1 aromatic carbocycles. The van der Waals surface area contributed by atoms with Crippen LogP contribution in [0.15, 0.2) is 16.6 Å². The van der Waals surface area contributed by atoms with Gasteiger partial charge in [-0.2, -0.15) is 0 Å². The van der Waals surface area contributed by atoms with E-state index in [9.17, 15) is 0 Å². The van der Waals surface area contributed by atoms with Crippen LogP contribution in [0.3, 0.4) is 0 Å². The van der Waals surface area contributed by atoms with Crippen LogP contribution < -0.4 is 10.1 Å². The summed E-state index contributed by atoms with van der Waals surface area (Å²) in [5, 5.41) is 3.50. The quantitative estimate of drug-likeness (QED) is 0.891. The summed E-state index contributed by atoms with van der Waals surface area (Å²) in [6.07, 6.45) is 2.45. The minimum atomic E-state index is 0.455. The molecule has 1 aromatic rings. The SMILES string of the molecule is COc1c(Br)cc(C)cc1C1CCCN1. The van der Waals surface area contributed by atoms with Gasteiger partial charge in [0.05, 0.1) is 11.6 Å². The molecule has 0 aliphatic carbocycles. The fourth-order valence-corrected chi connectivity index (χ4v) is 2.93. The fourth-order valence-electron chi connectivity index (χ4n) is 2.18. The smallest absolute Gasteiger partial charge is 0.137 e. The predicted octanol–water partition coefficient (Wildman–Crippen LogP) is 3.19. The van der Waals surface area contributed by atoms with Crippen LogP contribution >= 0.6 is 15.9 Å². The van der Waals surface area contributed by atoms with Gasteiger partial charge in [-0.05, 0) is 53.9 Å². The Kier molecular flexibility index (Phi) is 3.32. The molecule has 2 nitrogen and oxygen atoms in total. The van der Waals surface area contributed by atoms with E-state index in [0.29, 0.717) is 6.04 Å². The normalized spacial score (nSPS) is 20.6. The van der Waals surface area contributed by atoms with E-state index < -0.39 is 0 Å². The second-order valence-electron chi connectivity index (χ2n) is 4.02. The second kappa shape index (κ2) is 4.54. The van der Waals surface area contributed by atoms with Gasteiger partial charge in [-0.25, -0.2) is 0 Å². The van der Waals surface area contributed by atoms with Crippen LogP contribution in [0.1, 0.15) is 30.0 Å². The van der Waals surface area contributed by atoms with Crippen molar-refractivity contribution >= 4 is 15.9 Å². The van der Waals surface area contributed by atoms with Gasteiger partial charge in [0.25, 0.3) is 0 Å². The minimum Gasteiger partial charge on any atom is -0.495 e. The first-order valence-electron chi connectivity index (χ1n) is 5.30. The lowest BCUT2D eigenvalue weighted by Crippen LogP contribution is -2.14. The Morgan fingerprint density at radius 3 is 2.87 bits per heavy atom. The Balaban J connectivity index is 2.42. The van der Waals surface area contributed by atoms with E-state index in [1.54, 1.807) is 7.11 Å². The number of rotatable bonds is 2. The maximum Gasteiger partial charge on any atom is 0.137 e. The Hall–Kier alpha value is -0.540. The van der Waals surface area contributed by atoms with Crippen molar-refractivity contribution in [3.8, 4) is 5.75 Å². The highest BCUT2D eigenvalue weighted by Gasteiger charge is 2.21. The Morgan fingerprint density at radius 2 is 2.27 bits per heavy atom. The second-order valence-corrected chi connectivity index (χ2v) is 4.87. The van der Waals surface area contributed by atoms with Crippen LogP contribution in [-0.4, -0.2) is 13.7 Å². The Labute approximate surface area is 99.1 Å². The number of hydrogen-bond acceptors (Lipinski definition) is 2. The summed E-state index contributed by atoms with van der Waals surface area (Å²) >= 11 is 3.55. The standard InChI is InChI=1S/C12H16BrNO/c1-8-6-9(11-4-3-5-14-11)12(15-2)10(13)7-8/h6-7,11,14H,3-5H2,1-2H3. The molecule has 1 unspecified atom stereocenters. The van der Waals surface area contributed by atoms with Crippen LogP contribution in [0.2, 0.25) is 0 Å². The van der Waals surface area contributed by atoms with Crippen LogP contribution in [0.25, 0.3) is 0 Å². The summed E-state index contributed by atoms with van der Waals surface area (Å²) in [5.74, 6) is 0.972. The van der Waals surface area contributed by atoms with E-state index in [0.717, 1.165) is 16.8 Å². The highest BCUT2D eigenvalue weighted by atomic mass is 79.9. The van der Waals surface area contributed by atoms with Gasteiger partial charge in [-0.15, -0.1) is 0 Å². The molecule has 82 valence electrons. The number of hydrogen-bond donors (Lipinski definition) is 1. The maximum atomic E-state index is 5.46.